The van der Waals surface area contributed by atoms with Crippen molar-refractivity contribution < 1.29 is 14.4 Å². The molecule has 0 spiro atoms. The van der Waals surface area contributed by atoms with Crippen molar-refractivity contribution in [1.29, 1.82) is 0 Å². The molecular formula is C19H17BrN2O3. The van der Waals surface area contributed by atoms with E-state index >= 15 is 0 Å². The van der Waals surface area contributed by atoms with Crippen LogP contribution in [0.4, 0.5) is 0 Å². The van der Waals surface area contributed by atoms with Crippen LogP contribution >= 0.6 is 15.9 Å². The van der Waals surface area contributed by atoms with Crippen molar-refractivity contribution in [1.82, 2.24) is 10.5 Å². The van der Waals surface area contributed by atoms with Crippen LogP contribution in [0.3, 0.4) is 0 Å². The molecule has 1 amide bonds. The fourth-order valence-electron chi connectivity index (χ4n) is 2.52. The Bertz CT molecular complexity index is 860. The maximum absolute atomic E-state index is 12.4. The highest BCUT2D eigenvalue weighted by atomic mass is 79.9. The van der Waals surface area contributed by atoms with Crippen LogP contribution in [0.1, 0.15) is 22.9 Å². The Labute approximate surface area is 153 Å². The lowest BCUT2D eigenvalue weighted by Gasteiger charge is -2.12. The predicted octanol–water partition coefficient (Wildman–Crippen LogP) is 3.76. The molecule has 0 saturated heterocycles. The summed E-state index contributed by atoms with van der Waals surface area (Å²) in [7, 11) is 0. The fraction of sp³-hybridized carbons (Fsp3) is 0.158. The largest absolute Gasteiger partial charge is 0.378 e. The number of amides is 1. The molecule has 3 rings (SSSR count). The number of hydrogen-bond acceptors (Lipinski definition) is 4. The van der Waals surface area contributed by atoms with Crippen LogP contribution in [-0.4, -0.2) is 16.2 Å². The summed E-state index contributed by atoms with van der Waals surface area (Å²) in [6, 6.07) is 16.9. The van der Waals surface area contributed by atoms with Crippen molar-refractivity contribution in [2.24, 2.45) is 0 Å². The lowest BCUT2D eigenvalue weighted by atomic mass is 10.0. The van der Waals surface area contributed by atoms with Gasteiger partial charge in [0, 0.05) is 16.6 Å². The molecule has 6 heteroatoms. The quantitative estimate of drug-likeness (QED) is 0.683. The molecule has 2 aromatic carbocycles. The summed E-state index contributed by atoms with van der Waals surface area (Å²) >= 11 is 3.38. The van der Waals surface area contributed by atoms with Crippen molar-refractivity contribution in [3.05, 3.63) is 75.9 Å². The van der Waals surface area contributed by atoms with Gasteiger partial charge in [0.25, 0.3) is 5.91 Å². The number of nitrogens with one attached hydrogen (secondary N) is 1. The number of aliphatic hydroxyl groups excluding tert-OH is 1. The van der Waals surface area contributed by atoms with Gasteiger partial charge in [-0.3, -0.25) is 4.79 Å². The summed E-state index contributed by atoms with van der Waals surface area (Å²) in [5.41, 5.74) is 2.57. The van der Waals surface area contributed by atoms with E-state index in [2.05, 4.69) is 26.4 Å². The standard InChI is InChI=1S/C19H17BrN2O3/c1-12-16(18(25-22-12)14-7-9-15(20)10-8-14)17(23)19(24)21-11-13-5-3-2-4-6-13/h2-10,17,23H,11H2,1H3,(H,21,24). The third-order valence-electron chi connectivity index (χ3n) is 3.85. The van der Waals surface area contributed by atoms with Gasteiger partial charge in [0.15, 0.2) is 11.9 Å². The second-order valence-electron chi connectivity index (χ2n) is 5.62. The molecule has 1 heterocycles. The first-order valence-electron chi connectivity index (χ1n) is 7.78. The zero-order chi connectivity index (χ0) is 17.8. The van der Waals surface area contributed by atoms with E-state index in [9.17, 15) is 9.90 Å². The van der Waals surface area contributed by atoms with E-state index in [0.29, 0.717) is 23.6 Å². The molecule has 0 aliphatic rings. The van der Waals surface area contributed by atoms with Crippen molar-refractivity contribution in [3.63, 3.8) is 0 Å². The zero-order valence-electron chi connectivity index (χ0n) is 13.6. The average molecular weight is 401 g/mol. The van der Waals surface area contributed by atoms with Gasteiger partial charge in [-0.1, -0.05) is 63.6 Å². The first-order chi connectivity index (χ1) is 12.1. The number of aryl methyl sites for hydroxylation is 1. The second kappa shape index (κ2) is 7.63. The molecule has 0 aliphatic carbocycles. The van der Waals surface area contributed by atoms with Crippen LogP contribution in [0.15, 0.2) is 63.6 Å². The van der Waals surface area contributed by atoms with Crippen LogP contribution < -0.4 is 5.32 Å². The molecule has 0 radical (unpaired) electrons. The minimum atomic E-state index is -1.35. The summed E-state index contributed by atoms with van der Waals surface area (Å²) in [5, 5.41) is 17.2. The topological polar surface area (TPSA) is 75.4 Å². The molecule has 0 fully saturated rings. The molecule has 0 bridgehead atoms. The summed E-state index contributed by atoms with van der Waals surface area (Å²) in [6.45, 7) is 2.05. The van der Waals surface area contributed by atoms with Gasteiger partial charge in [0.1, 0.15) is 0 Å². The number of carbonyl (C=O) groups is 1. The lowest BCUT2D eigenvalue weighted by molar-refractivity contribution is -0.129. The molecule has 2 N–H and O–H groups in total. The highest BCUT2D eigenvalue weighted by Crippen LogP contribution is 2.31. The smallest absolute Gasteiger partial charge is 0.253 e. The van der Waals surface area contributed by atoms with Crippen molar-refractivity contribution in [2.75, 3.05) is 0 Å². The first kappa shape index (κ1) is 17.4. The highest BCUT2D eigenvalue weighted by Gasteiger charge is 2.27. The van der Waals surface area contributed by atoms with Gasteiger partial charge in [-0.15, -0.1) is 0 Å². The van der Waals surface area contributed by atoms with Crippen LogP contribution in [0.2, 0.25) is 0 Å². The molecule has 1 atom stereocenters. The van der Waals surface area contributed by atoms with Gasteiger partial charge in [0.2, 0.25) is 0 Å². The molecule has 128 valence electrons. The van der Waals surface area contributed by atoms with E-state index in [0.717, 1.165) is 15.6 Å². The molecule has 1 aromatic heterocycles. The monoisotopic (exact) mass is 400 g/mol. The van der Waals surface area contributed by atoms with E-state index in [1.807, 2.05) is 54.6 Å². The Morgan fingerprint density at radius 3 is 2.56 bits per heavy atom. The average Bonchev–Trinajstić information content (AvgIpc) is 3.02. The molecular weight excluding hydrogens is 384 g/mol. The van der Waals surface area contributed by atoms with Gasteiger partial charge in [-0.25, -0.2) is 0 Å². The molecule has 3 aromatic rings. The third-order valence-corrected chi connectivity index (χ3v) is 4.37. The minimum Gasteiger partial charge on any atom is -0.378 e. The number of halogens is 1. The minimum absolute atomic E-state index is 0.342. The number of benzene rings is 2. The molecule has 0 aliphatic heterocycles. The van der Waals surface area contributed by atoms with E-state index in [1.54, 1.807) is 6.92 Å². The number of carbonyl (C=O) groups excluding carboxylic acids is 1. The van der Waals surface area contributed by atoms with E-state index < -0.39 is 12.0 Å². The Morgan fingerprint density at radius 1 is 1.20 bits per heavy atom. The number of nitrogens with zero attached hydrogens (tertiary/aromatic N) is 1. The van der Waals surface area contributed by atoms with Crippen LogP contribution in [-0.2, 0) is 11.3 Å². The van der Waals surface area contributed by atoms with E-state index in [-0.39, 0.29) is 0 Å². The molecule has 25 heavy (non-hydrogen) atoms. The summed E-state index contributed by atoms with van der Waals surface area (Å²) < 4.78 is 6.28. The van der Waals surface area contributed by atoms with Crippen LogP contribution in [0.5, 0.6) is 0 Å². The van der Waals surface area contributed by atoms with Crippen LogP contribution in [0.25, 0.3) is 11.3 Å². The molecule has 1 unspecified atom stereocenters. The Hall–Kier alpha value is -2.44. The molecule has 0 saturated carbocycles. The van der Waals surface area contributed by atoms with Crippen LogP contribution in [0, 0.1) is 6.92 Å². The van der Waals surface area contributed by atoms with E-state index in [4.69, 9.17) is 4.52 Å². The number of rotatable bonds is 5. The van der Waals surface area contributed by atoms with Gasteiger partial charge in [-0.2, -0.15) is 0 Å². The maximum Gasteiger partial charge on any atom is 0.253 e. The van der Waals surface area contributed by atoms with Gasteiger partial charge < -0.3 is 14.9 Å². The SMILES string of the molecule is Cc1noc(-c2ccc(Br)cc2)c1C(O)C(=O)NCc1ccccc1. The second-order valence-corrected chi connectivity index (χ2v) is 6.54. The van der Waals surface area contributed by atoms with E-state index in [1.165, 1.54) is 0 Å². The number of hydrogen-bond donors (Lipinski definition) is 2. The van der Waals surface area contributed by atoms with Gasteiger partial charge >= 0.3 is 0 Å². The summed E-state index contributed by atoms with van der Waals surface area (Å²) in [4.78, 5) is 12.4. The van der Waals surface area contributed by atoms with Crippen molar-refractivity contribution in [3.8, 4) is 11.3 Å². The molecule has 5 nitrogen and oxygen atoms in total. The summed E-state index contributed by atoms with van der Waals surface area (Å²) in [6.07, 6.45) is -1.35. The lowest BCUT2D eigenvalue weighted by Crippen LogP contribution is -2.29. The van der Waals surface area contributed by atoms with Crippen molar-refractivity contribution >= 4 is 21.8 Å². The highest BCUT2D eigenvalue weighted by molar-refractivity contribution is 9.10. The van der Waals surface area contributed by atoms with Crippen molar-refractivity contribution in [2.45, 2.75) is 19.6 Å². The fourth-order valence-corrected chi connectivity index (χ4v) is 2.79. The third kappa shape index (κ3) is 3.97. The predicted molar refractivity (Wildman–Crippen MR) is 97.6 cm³/mol. The Balaban J connectivity index is 1.79. The maximum atomic E-state index is 12.4. The number of aliphatic hydroxyl groups is 1. The Morgan fingerprint density at radius 2 is 1.88 bits per heavy atom. The van der Waals surface area contributed by atoms with Gasteiger partial charge in [0.05, 0.1) is 11.3 Å². The first-order valence-corrected chi connectivity index (χ1v) is 8.57. The summed E-state index contributed by atoms with van der Waals surface area (Å²) in [5.74, 6) is -0.0964. The normalized spacial score (nSPS) is 12.0. The zero-order valence-corrected chi connectivity index (χ0v) is 15.2. The Kier molecular flexibility index (Phi) is 5.31. The number of aromatic nitrogens is 1. The van der Waals surface area contributed by atoms with Gasteiger partial charge in [-0.05, 0) is 24.6 Å².